The van der Waals surface area contributed by atoms with Crippen molar-refractivity contribution in [3.63, 3.8) is 0 Å². The Balaban J connectivity index is 1.77. The summed E-state index contributed by atoms with van der Waals surface area (Å²) in [6.07, 6.45) is 1.97. The zero-order chi connectivity index (χ0) is 23.4. The zero-order valence-corrected chi connectivity index (χ0v) is 18.7. The molecule has 4 heteroatoms. The van der Waals surface area contributed by atoms with Gasteiger partial charge in [-0.15, -0.1) is 4.95 Å². The van der Waals surface area contributed by atoms with E-state index in [0.717, 1.165) is 54.2 Å². The maximum atomic E-state index is 9.33. The molecule has 6 aromatic carbocycles. The fourth-order valence-electron chi connectivity index (χ4n) is 5.28. The molecule has 34 heavy (non-hydrogen) atoms. The van der Waals surface area contributed by atoms with Gasteiger partial charge in [0.05, 0.1) is 10.5 Å². The Morgan fingerprint density at radius 2 is 1.26 bits per heavy atom. The lowest BCUT2D eigenvalue weighted by molar-refractivity contribution is 1.37. The van der Waals surface area contributed by atoms with Crippen LogP contribution in [0.4, 0.5) is 0 Å². The number of benzene rings is 4. The zero-order valence-electron chi connectivity index (χ0n) is 18.7. The van der Waals surface area contributed by atoms with Crippen molar-refractivity contribution in [3.05, 3.63) is 106 Å². The van der Waals surface area contributed by atoms with E-state index >= 15 is 0 Å². The van der Waals surface area contributed by atoms with E-state index in [1.165, 1.54) is 11.1 Å². The second kappa shape index (κ2) is 7.37. The summed E-state index contributed by atoms with van der Waals surface area (Å²) >= 11 is 0. The summed E-state index contributed by atoms with van der Waals surface area (Å²) in [4.78, 5) is 7.56. The molecule has 0 atom stereocenters. The third kappa shape index (κ3) is 2.83. The van der Waals surface area contributed by atoms with Gasteiger partial charge in [-0.05, 0) is 64.7 Å². The molecule has 0 unspecified atom stereocenters. The Labute approximate surface area is 195 Å². The maximum Gasteiger partial charge on any atom is 0.206 e. The minimum atomic E-state index is 0.692. The van der Waals surface area contributed by atoms with Crippen LogP contribution in [0.1, 0.15) is 11.1 Å². The van der Waals surface area contributed by atoms with Crippen molar-refractivity contribution >= 4 is 43.1 Å². The van der Waals surface area contributed by atoms with E-state index in [2.05, 4.69) is 77.4 Å². The van der Waals surface area contributed by atoms with Gasteiger partial charge in [-0.2, -0.15) is 16.8 Å². The smallest absolute Gasteiger partial charge is 0.181 e. The molecule has 158 valence electrons. The Kier molecular flexibility index (Phi) is 4.30. The first-order valence-electron chi connectivity index (χ1n) is 11.0. The summed E-state index contributed by atoms with van der Waals surface area (Å²) in [5, 5.41) is 22.9. The van der Waals surface area contributed by atoms with E-state index in [0.29, 0.717) is 10.7 Å². The maximum absolute atomic E-state index is 9.33. The predicted molar refractivity (Wildman–Crippen MR) is 137 cm³/mol. The number of hydrogen-bond acceptors (Lipinski definition) is 3. The SMILES string of the molecule is [C-]#[N+]/N=c1\c2cc(-c3cc(C)cc(C)c3)ccc2c2cc3/c(=N/C#N)c4ccccc4c3cc12. The summed E-state index contributed by atoms with van der Waals surface area (Å²) in [6.45, 7) is 11.7. The van der Waals surface area contributed by atoms with E-state index < -0.39 is 0 Å². The minimum Gasteiger partial charge on any atom is -0.181 e. The predicted octanol–water partition coefficient (Wildman–Crippen LogP) is 6.58. The molecule has 0 fully saturated rings. The van der Waals surface area contributed by atoms with Gasteiger partial charge in [0.25, 0.3) is 0 Å². The second-order valence-electron chi connectivity index (χ2n) is 8.73. The standard InChI is InChI=1S/C30H18N4/c1-17-10-18(2)12-20(11-17)19-8-9-22-25-14-27-24(15-28(25)30(34-32-3)26(22)13-19)21-6-4-5-7-23(21)29(27)33-16-31/h4-15H,1-2H3/b33-29+,34-30+. The quantitative estimate of drug-likeness (QED) is 0.164. The molecule has 0 aliphatic carbocycles. The molecule has 0 amide bonds. The average Bonchev–Trinajstić information content (AvgIpc) is 3.30. The van der Waals surface area contributed by atoms with E-state index in [9.17, 15) is 5.26 Å². The van der Waals surface area contributed by atoms with E-state index in [-0.39, 0.29) is 0 Å². The molecule has 4 nitrogen and oxygen atoms in total. The van der Waals surface area contributed by atoms with Crippen molar-refractivity contribution in [2.24, 2.45) is 10.1 Å². The Hall–Kier alpha value is -4.80. The molecular weight excluding hydrogens is 416 g/mol. The number of aryl methyl sites for hydroxylation is 2. The third-order valence-electron chi connectivity index (χ3n) is 6.57. The number of fused-ring (bicyclic) bond motifs is 6. The van der Waals surface area contributed by atoms with Crippen molar-refractivity contribution in [2.75, 3.05) is 0 Å². The van der Waals surface area contributed by atoms with Crippen LogP contribution in [-0.2, 0) is 0 Å². The largest absolute Gasteiger partial charge is 0.206 e. The number of hydrogen-bond donors (Lipinski definition) is 0. The molecule has 0 aliphatic rings. The summed E-state index contributed by atoms with van der Waals surface area (Å²) in [5.41, 5.74) is 4.68. The van der Waals surface area contributed by atoms with Crippen LogP contribution in [-0.4, -0.2) is 0 Å². The molecular formula is C30H18N4. The lowest BCUT2D eigenvalue weighted by atomic mass is 9.99. The summed E-state index contributed by atoms with van der Waals surface area (Å²) in [5.74, 6) is 0. The van der Waals surface area contributed by atoms with E-state index in [1.807, 2.05) is 30.5 Å². The van der Waals surface area contributed by atoms with Gasteiger partial charge < -0.3 is 0 Å². The van der Waals surface area contributed by atoms with Gasteiger partial charge in [-0.1, -0.05) is 65.7 Å². The molecule has 0 heterocycles. The first kappa shape index (κ1) is 19.9. The van der Waals surface area contributed by atoms with Crippen LogP contribution in [0.3, 0.4) is 0 Å². The van der Waals surface area contributed by atoms with Crippen molar-refractivity contribution in [2.45, 2.75) is 13.8 Å². The van der Waals surface area contributed by atoms with Gasteiger partial charge in [-0.25, -0.2) is 0 Å². The third-order valence-corrected chi connectivity index (χ3v) is 6.57. The van der Waals surface area contributed by atoms with Crippen molar-refractivity contribution in [1.29, 1.82) is 5.26 Å². The number of nitriles is 1. The Morgan fingerprint density at radius 1 is 0.647 bits per heavy atom. The van der Waals surface area contributed by atoms with Gasteiger partial charge in [0.2, 0.25) is 6.19 Å². The van der Waals surface area contributed by atoms with Crippen LogP contribution < -0.4 is 10.7 Å². The highest BCUT2D eigenvalue weighted by atomic mass is 15.2. The summed E-state index contributed by atoms with van der Waals surface area (Å²) in [6, 6.07) is 25.1. The molecule has 0 aromatic heterocycles. The molecule has 0 aliphatic heterocycles. The van der Waals surface area contributed by atoms with Crippen LogP contribution in [0.25, 0.3) is 59.2 Å². The molecule has 0 saturated heterocycles. The fourth-order valence-corrected chi connectivity index (χ4v) is 5.28. The van der Waals surface area contributed by atoms with Crippen molar-refractivity contribution < 1.29 is 0 Å². The minimum absolute atomic E-state index is 0.692. The molecule has 0 spiro atoms. The highest BCUT2D eigenvalue weighted by Gasteiger charge is 2.16. The molecule has 0 bridgehead atoms. The first-order chi connectivity index (χ1) is 16.6. The van der Waals surface area contributed by atoms with Crippen molar-refractivity contribution in [1.82, 2.24) is 0 Å². The van der Waals surface area contributed by atoms with E-state index in [4.69, 9.17) is 6.57 Å². The number of nitrogens with zero attached hydrogens (tertiary/aromatic N) is 4. The molecule has 6 rings (SSSR count). The van der Waals surface area contributed by atoms with Gasteiger partial charge in [0.15, 0.2) is 5.36 Å². The topological polar surface area (TPSA) is 52.9 Å². The summed E-state index contributed by atoms with van der Waals surface area (Å²) in [7, 11) is 0. The molecule has 0 N–H and O–H groups in total. The van der Waals surface area contributed by atoms with Crippen LogP contribution in [0.5, 0.6) is 0 Å². The van der Waals surface area contributed by atoms with Gasteiger partial charge in [0.1, 0.15) is 0 Å². The Bertz CT molecular complexity index is 1980. The number of rotatable bonds is 1. The molecule has 6 aromatic rings. The van der Waals surface area contributed by atoms with Crippen LogP contribution >= 0.6 is 0 Å². The lowest BCUT2D eigenvalue weighted by Crippen LogP contribution is -1.98. The van der Waals surface area contributed by atoms with Gasteiger partial charge in [-0.3, -0.25) is 0 Å². The van der Waals surface area contributed by atoms with Gasteiger partial charge >= 0.3 is 0 Å². The monoisotopic (exact) mass is 434 g/mol. The van der Waals surface area contributed by atoms with Crippen LogP contribution in [0, 0.1) is 31.9 Å². The van der Waals surface area contributed by atoms with Crippen molar-refractivity contribution in [3.8, 4) is 17.3 Å². The molecule has 0 radical (unpaired) electrons. The van der Waals surface area contributed by atoms with Crippen LogP contribution in [0.15, 0.2) is 82.9 Å². The van der Waals surface area contributed by atoms with E-state index in [1.54, 1.807) is 0 Å². The highest BCUT2D eigenvalue weighted by molar-refractivity contribution is 6.21. The van der Waals surface area contributed by atoms with Gasteiger partial charge in [0, 0.05) is 21.5 Å². The fraction of sp³-hybridized carbons (Fsp3) is 0.0667. The molecule has 0 saturated carbocycles. The first-order valence-corrected chi connectivity index (χ1v) is 11.0. The second-order valence-corrected chi connectivity index (χ2v) is 8.73. The normalized spacial score (nSPS) is 12.7. The Morgan fingerprint density at radius 3 is 1.94 bits per heavy atom. The van der Waals surface area contributed by atoms with Crippen LogP contribution in [0.2, 0.25) is 0 Å². The summed E-state index contributed by atoms with van der Waals surface area (Å²) < 4.78 is 0. The average molecular weight is 435 g/mol. The highest BCUT2D eigenvalue weighted by Crippen LogP contribution is 2.34. The lowest BCUT2D eigenvalue weighted by Gasteiger charge is -2.06.